The predicted octanol–water partition coefficient (Wildman–Crippen LogP) is 0.403. The predicted molar refractivity (Wildman–Crippen MR) is 74.8 cm³/mol. The fourth-order valence-electron chi connectivity index (χ4n) is 3.01. The molecule has 3 rings (SSSR count). The Hall–Kier alpha value is -1.95. The summed E-state index contributed by atoms with van der Waals surface area (Å²) in [6.07, 6.45) is 0.597. The Balaban J connectivity index is 1.62. The Labute approximate surface area is 122 Å². The first-order valence-corrected chi connectivity index (χ1v) is 7.13. The van der Waals surface area contributed by atoms with Crippen LogP contribution in [-0.2, 0) is 16.1 Å². The van der Waals surface area contributed by atoms with Crippen molar-refractivity contribution in [2.24, 2.45) is 0 Å². The molecule has 2 aliphatic heterocycles. The highest BCUT2D eigenvalue weighted by Crippen LogP contribution is 2.22. The lowest BCUT2D eigenvalue weighted by Gasteiger charge is -2.32. The molecule has 2 heterocycles. The van der Waals surface area contributed by atoms with Crippen LogP contribution in [0.2, 0.25) is 0 Å². The maximum absolute atomic E-state index is 13.1. The summed E-state index contributed by atoms with van der Waals surface area (Å²) in [5, 5.41) is 5.99. The fourth-order valence-corrected chi connectivity index (χ4v) is 3.01. The van der Waals surface area contributed by atoms with E-state index >= 15 is 0 Å². The molecule has 2 aliphatic rings. The molecule has 2 N–H and O–H groups in total. The summed E-state index contributed by atoms with van der Waals surface area (Å²) < 4.78 is 13.1. The third-order valence-corrected chi connectivity index (χ3v) is 4.10. The van der Waals surface area contributed by atoms with Gasteiger partial charge in [-0.15, -0.1) is 0 Å². The van der Waals surface area contributed by atoms with Gasteiger partial charge in [0.2, 0.25) is 11.8 Å². The van der Waals surface area contributed by atoms with Crippen molar-refractivity contribution in [2.45, 2.75) is 38.0 Å². The molecule has 0 radical (unpaired) electrons. The lowest BCUT2D eigenvalue weighted by molar-refractivity contribution is -0.146. The molecule has 112 valence electrons. The second kappa shape index (κ2) is 5.44. The number of hydrogen-bond donors (Lipinski definition) is 2. The topological polar surface area (TPSA) is 61.4 Å². The van der Waals surface area contributed by atoms with Gasteiger partial charge in [0.05, 0.1) is 0 Å². The molecule has 1 aromatic carbocycles. The molecule has 6 heteroatoms. The number of nitrogens with one attached hydrogen (secondary N) is 2. The first kappa shape index (κ1) is 14.0. The van der Waals surface area contributed by atoms with Crippen molar-refractivity contribution in [1.82, 2.24) is 15.5 Å². The van der Waals surface area contributed by atoms with Gasteiger partial charge in [-0.05, 0) is 31.0 Å². The minimum Gasteiger partial charge on any atom is -0.343 e. The molecule has 0 unspecified atom stereocenters. The van der Waals surface area contributed by atoms with Crippen LogP contribution in [0.15, 0.2) is 24.3 Å². The fraction of sp³-hybridized carbons (Fsp3) is 0.467. The number of benzene rings is 1. The maximum Gasteiger partial charge on any atom is 0.245 e. The van der Waals surface area contributed by atoms with Gasteiger partial charge < -0.3 is 15.5 Å². The normalized spacial score (nSPS) is 28.5. The number of nitrogens with zero attached hydrogens (tertiary/aromatic N) is 1. The van der Waals surface area contributed by atoms with Gasteiger partial charge in [0.25, 0.3) is 0 Å². The van der Waals surface area contributed by atoms with Crippen molar-refractivity contribution in [2.75, 3.05) is 6.54 Å². The quantitative estimate of drug-likeness (QED) is 0.847. The van der Waals surface area contributed by atoms with Crippen molar-refractivity contribution in [1.29, 1.82) is 0 Å². The van der Waals surface area contributed by atoms with Crippen LogP contribution in [0.5, 0.6) is 0 Å². The van der Waals surface area contributed by atoms with E-state index in [1.165, 1.54) is 12.1 Å². The Morgan fingerprint density at radius 3 is 3.00 bits per heavy atom. The Morgan fingerprint density at radius 1 is 1.43 bits per heavy atom. The molecule has 2 fully saturated rings. The molecular weight excluding hydrogens is 273 g/mol. The van der Waals surface area contributed by atoms with E-state index in [1.54, 1.807) is 17.9 Å². The smallest absolute Gasteiger partial charge is 0.245 e. The highest BCUT2D eigenvalue weighted by molar-refractivity contribution is 5.97. The number of halogens is 1. The number of hydrogen-bond acceptors (Lipinski definition) is 3. The van der Waals surface area contributed by atoms with Gasteiger partial charge in [-0.3, -0.25) is 9.59 Å². The van der Waals surface area contributed by atoms with Crippen LogP contribution in [0.1, 0.15) is 18.9 Å². The first-order valence-electron chi connectivity index (χ1n) is 7.13. The lowest BCUT2D eigenvalue weighted by Crippen LogP contribution is -2.60. The zero-order valence-corrected chi connectivity index (χ0v) is 11.8. The van der Waals surface area contributed by atoms with Gasteiger partial charge >= 0.3 is 0 Å². The summed E-state index contributed by atoms with van der Waals surface area (Å²) in [5.74, 6) is -0.381. The van der Waals surface area contributed by atoms with E-state index in [9.17, 15) is 14.0 Å². The molecule has 0 bridgehead atoms. The molecule has 0 aromatic heterocycles. The van der Waals surface area contributed by atoms with Gasteiger partial charge in [0, 0.05) is 19.1 Å². The second-order valence-electron chi connectivity index (χ2n) is 5.68. The SMILES string of the molecule is C[C@H]1NC(=O)[C@@H]2C[C@H](NCc3cccc(F)c3)CN2C1=O. The zero-order valence-electron chi connectivity index (χ0n) is 11.8. The van der Waals surface area contributed by atoms with Crippen molar-refractivity contribution in [3.05, 3.63) is 35.6 Å². The van der Waals surface area contributed by atoms with Gasteiger partial charge in [-0.1, -0.05) is 12.1 Å². The van der Waals surface area contributed by atoms with E-state index in [-0.39, 0.29) is 29.7 Å². The molecule has 3 atom stereocenters. The van der Waals surface area contributed by atoms with Crippen molar-refractivity contribution >= 4 is 11.8 Å². The number of carbonyl (C=O) groups is 2. The van der Waals surface area contributed by atoms with E-state index in [2.05, 4.69) is 10.6 Å². The first-order chi connectivity index (χ1) is 10.0. The second-order valence-corrected chi connectivity index (χ2v) is 5.68. The molecule has 1 aromatic rings. The van der Waals surface area contributed by atoms with Crippen molar-refractivity contribution in [3.8, 4) is 0 Å². The minimum absolute atomic E-state index is 0.0327. The zero-order chi connectivity index (χ0) is 15.0. The van der Waals surface area contributed by atoms with Crippen LogP contribution < -0.4 is 10.6 Å². The van der Waals surface area contributed by atoms with E-state index in [1.807, 2.05) is 6.07 Å². The van der Waals surface area contributed by atoms with Gasteiger partial charge in [-0.25, -0.2) is 4.39 Å². The van der Waals surface area contributed by atoms with Crippen molar-refractivity contribution < 1.29 is 14.0 Å². The van der Waals surface area contributed by atoms with E-state index < -0.39 is 6.04 Å². The summed E-state index contributed by atoms with van der Waals surface area (Å²) in [6, 6.07) is 5.63. The molecule has 0 saturated carbocycles. The Bertz CT molecular complexity index is 578. The number of piperazine rings is 1. The maximum atomic E-state index is 13.1. The van der Waals surface area contributed by atoms with E-state index in [0.29, 0.717) is 19.5 Å². The van der Waals surface area contributed by atoms with E-state index in [0.717, 1.165) is 5.56 Å². The molecule has 5 nitrogen and oxygen atoms in total. The van der Waals surface area contributed by atoms with Crippen LogP contribution >= 0.6 is 0 Å². The summed E-state index contributed by atoms with van der Waals surface area (Å²) >= 11 is 0. The molecule has 2 amide bonds. The van der Waals surface area contributed by atoms with Crippen LogP contribution in [0.4, 0.5) is 4.39 Å². The molecule has 0 aliphatic carbocycles. The summed E-state index contributed by atoms with van der Waals surface area (Å²) in [6.45, 7) is 2.74. The Morgan fingerprint density at radius 2 is 2.24 bits per heavy atom. The molecule has 21 heavy (non-hydrogen) atoms. The average Bonchev–Trinajstić information content (AvgIpc) is 2.88. The molecule has 2 saturated heterocycles. The third kappa shape index (κ3) is 2.76. The van der Waals surface area contributed by atoms with Crippen LogP contribution in [0.25, 0.3) is 0 Å². The Kier molecular flexibility index (Phi) is 3.63. The lowest BCUT2D eigenvalue weighted by atomic mass is 10.1. The minimum atomic E-state index is -0.448. The number of fused-ring (bicyclic) bond motifs is 1. The monoisotopic (exact) mass is 291 g/mol. The van der Waals surface area contributed by atoms with Crippen molar-refractivity contribution in [3.63, 3.8) is 0 Å². The molecule has 0 spiro atoms. The largest absolute Gasteiger partial charge is 0.343 e. The van der Waals surface area contributed by atoms with Crippen LogP contribution in [-0.4, -0.2) is 41.4 Å². The summed E-state index contributed by atoms with van der Waals surface area (Å²) in [7, 11) is 0. The van der Waals surface area contributed by atoms with Gasteiger partial charge in [0.15, 0.2) is 0 Å². The van der Waals surface area contributed by atoms with Crippen LogP contribution in [0, 0.1) is 5.82 Å². The highest BCUT2D eigenvalue weighted by atomic mass is 19.1. The number of rotatable bonds is 3. The van der Waals surface area contributed by atoms with Gasteiger partial charge in [0.1, 0.15) is 17.9 Å². The third-order valence-electron chi connectivity index (χ3n) is 4.10. The highest BCUT2D eigenvalue weighted by Gasteiger charge is 2.44. The van der Waals surface area contributed by atoms with E-state index in [4.69, 9.17) is 0 Å². The number of amides is 2. The number of carbonyl (C=O) groups excluding carboxylic acids is 2. The summed E-state index contributed by atoms with van der Waals surface area (Å²) in [4.78, 5) is 25.6. The van der Waals surface area contributed by atoms with Crippen LogP contribution in [0.3, 0.4) is 0 Å². The standard InChI is InChI=1S/C15H18FN3O2/c1-9-15(21)19-8-12(6-13(19)14(20)18-9)17-7-10-3-2-4-11(16)5-10/h2-5,9,12-13,17H,6-8H2,1H3,(H,18,20)/t9-,12+,13+/m1/s1. The summed E-state index contributed by atoms with van der Waals surface area (Å²) in [5.41, 5.74) is 0.851. The molecular formula is C15H18FN3O2. The average molecular weight is 291 g/mol. The van der Waals surface area contributed by atoms with Gasteiger partial charge in [-0.2, -0.15) is 0 Å².